The summed E-state index contributed by atoms with van der Waals surface area (Å²) < 4.78 is 0. The van der Waals surface area contributed by atoms with E-state index in [1.165, 1.54) is 0 Å². The normalized spacial score (nSPS) is 16.9. The Hall–Kier alpha value is -3.43. The van der Waals surface area contributed by atoms with Crippen molar-refractivity contribution in [3.05, 3.63) is 64.9 Å². The van der Waals surface area contributed by atoms with Gasteiger partial charge in [-0.3, -0.25) is 19.6 Å². The lowest BCUT2D eigenvalue weighted by atomic mass is 10.2. The van der Waals surface area contributed by atoms with E-state index in [2.05, 4.69) is 15.0 Å². The molecule has 11 heteroatoms. The van der Waals surface area contributed by atoms with Crippen molar-refractivity contribution in [2.45, 2.75) is 12.8 Å². The van der Waals surface area contributed by atoms with Gasteiger partial charge in [-0.1, -0.05) is 41.4 Å². The van der Waals surface area contributed by atoms with Crippen molar-refractivity contribution in [1.29, 1.82) is 0 Å². The van der Waals surface area contributed by atoms with E-state index in [1.807, 2.05) is 0 Å². The van der Waals surface area contributed by atoms with Crippen molar-refractivity contribution >= 4 is 58.5 Å². The first-order chi connectivity index (χ1) is 16.5. The van der Waals surface area contributed by atoms with Crippen LogP contribution in [0, 0.1) is 0 Å². The number of amides is 4. The molecule has 2 aliphatic rings. The minimum absolute atomic E-state index is 0.236. The molecule has 0 spiro atoms. The van der Waals surface area contributed by atoms with Crippen molar-refractivity contribution < 1.29 is 9.59 Å². The molecule has 5 rings (SSSR count). The predicted octanol–water partition coefficient (Wildman–Crippen LogP) is 4.85. The monoisotopic (exact) mass is 497 g/mol. The number of aromatic nitrogens is 3. The molecule has 2 aliphatic heterocycles. The van der Waals surface area contributed by atoms with E-state index in [1.54, 1.807) is 74.2 Å². The van der Waals surface area contributed by atoms with Gasteiger partial charge in [0, 0.05) is 26.2 Å². The van der Waals surface area contributed by atoms with E-state index < -0.39 is 0 Å². The maximum atomic E-state index is 13.3. The molecule has 2 fully saturated rings. The Kier molecular flexibility index (Phi) is 6.21. The first-order valence-corrected chi connectivity index (χ1v) is 11.7. The van der Waals surface area contributed by atoms with Crippen molar-refractivity contribution in [3.8, 4) is 0 Å². The molecule has 0 aliphatic carbocycles. The average Bonchev–Trinajstić information content (AvgIpc) is 2.84. The molecule has 0 radical (unpaired) electrons. The van der Waals surface area contributed by atoms with Gasteiger partial charge in [-0.25, -0.2) is 24.5 Å². The van der Waals surface area contributed by atoms with Crippen LogP contribution in [0.2, 0.25) is 10.3 Å². The number of carbonyl (C=O) groups is 2. The number of nitrogens with zero attached hydrogens (tertiary/aromatic N) is 7. The van der Waals surface area contributed by atoms with Crippen LogP contribution in [0.5, 0.6) is 0 Å². The summed E-state index contributed by atoms with van der Waals surface area (Å²) in [4.78, 5) is 46.1. The Bertz CT molecular complexity index is 1150. The summed E-state index contributed by atoms with van der Waals surface area (Å²) in [5, 5.41) is 0.648. The fourth-order valence-corrected chi connectivity index (χ4v) is 4.43. The number of hydrogen-bond acceptors (Lipinski definition) is 5. The minimum Gasteiger partial charge on any atom is -0.278 e. The lowest BCUT2D eigenvalue weighted by Gasteiger charge is -2.36. The number of hydrogen-bond donors (Lipinski definition) is 0. The average molecular weight is 498 g/mol. The molecule has 2 saturated heterocycles. The Balaban J connectivity index is 1.40. The maximum absolute atomic E-state index is 13.3. The standard InChI is InChI=1S/C23H21Cl2N7O2/c24-16-6-1-8-18(26-16)29-12-4-14-31(22(29)33)20-10-3-11-21(28-20)32-15-5-13-30(23(32)34)19-9-2-7-17(25)27-19/h1-3,6-11H,4-5,12-15H2. The van der Waals surface area contributed by atoms with Crippen molar-refractivity contribution in [3.63, 3.8) is 0 Å². The van der Waals surface area contributed by atoms with Gasteiger partial charge in [-0.05, 0) is 49.2 Å². The molecule has 0 bridgehead atoms. The van der Waals surface area contributed by atoms with E-state index in [0.29, 0.717) is 59.8 Å². The van der Waals surface area contributed by atoms with Gasteiger partial charge in [0.15, 0.2) is 0 Å². The molecule has 174 valence electrons. The van der Waals surface area contributed by atoms with Crippen LogP contribution in [0.4, 0.5) is 32.9 Å². The summed E-state index contributed by atoms with van der Waals surface area (Å²) in [6.45, 7) is 2.10. The van der Waals surface area contributed by atoms with Crippen LogP contribution in [0.15, 0.2) is 54.6 Å². The Morgan fingerprint density at radius 1 is 0.529 bits per heavy atom. The van der Waals surface area contributed by atoms with E-state index >= 15 is 0 Å². The highest BCUT2D eigenvalue weighted by Gasteiger charge is 2.32. The zero-order valence-electron chi connectivity index (χ0n) is 18.1. The van der Waals surface area contributed by atoms with E-state index in [4.69, 9.17) is 23.2 Å². The van der Waals surface area contributed by atoms with Gasteiger partial charge in [-0.2, -0.15) is 0 Å². The smallest absolute Gasteiger partial charge is 0.278 e. The van der Waals surface area contributed by atoms with Crippen LogP contribution in [-0.2, 0) is 0 Å². The summed E-state index contributed by atoms with van der Waals surface area (Å²) in [5.41, 5.74) is 0. The first-order valence-electron chi connectivity index (χ1n) is 10.9. The first kappa shape index (κ1) is 22.4. The van der Waals surface area contributed by atoms with Crippen molar-refractivity contribution in [1.82, 2.24) is 15.0 Å². The topological polar surface area (TPSA) is 85.8 Å². The molecule has 0 atom stereocenters. The Labute approximate surface area is 206 Å². The molecule has 9 nitrogen and oxygen atoms in total. The molecule has 0 aromatic carbocycles. The molecule has 0 unspecified atom stereocenters. The molecule has 3 aromatic heterocycles. The van der Waals surface area contributed by atoms with Crippen LogP contribution >= 0.6 is 23.2 Å². The number of urea groups is 2. The lowest BCUT2D eigenvalue weighted by Crippen LogP contribution is -2.51. The van der Waals surface area contributed by atoms with Gasteiger partial charge in [0.25, 0.3) is 0 Å². The maximum Gasteiger partial charge on any atom is 0.331 e. The predicted molar refractivity (Wildman–Crippen MR) is 132 cm³/mol. The summed E-state index contributed by atoms with van der Waals surface area (Å²) in [6, 6.07) is 15.2. The van der Waals surface area contributed by atoms with Gasteiger partial charge < -0.3 is 0 Å². The third-order valence-corrected chi connectivity index (χ3v) is 6.10. The number of halogens is 2. The van der Waals surface area contributed by atoms with Crippen molar-refractivity contribution in [2.75, 3.05) is 45.8 Å². The highest BCUT2D eigenvalue weighted by Crippen LogP contribution is 2.27. The minimum atomic E-state index is -0.236. The molecule has 0 saturated carbocycles. The lowest BCUT2D eigenvalue weighted by molar-refractivity contribution is 0.248. The second kappa shape index (κ2) is 9.44. The molecule has 5 heterocycles. The van der Waals surface area contributed by atoms with Crippen LogP contribution in [-0.4, -0.2) is 53.2 Å². The Morgan fingerprint density at radius 3 is 1.21 bits per heavy atom. The van der Waals surface area contributed by atoms with E-state index in [-0.39, 0.29) is 12.1 Å². The summed E-state index contributed by atoms with van der Waals surface area (Å²) in [5.74, 6) is 1.93. The van der Waals surface area contributed by atoms with E-state index in [0.717, 1.165) is 12.8 Å². The molecule has 34 heavy (non-hydrogen) atoms. The molecular formula is C23H21Cl2N7O2. The number of rotatable bonds is 4. The van der Waals surface area contributed by atoms with Crippen molar-refractivity contribution in [2.24, 2.45) is 0 Å². The van der Waals surface area contributed by atoms with Crippen LogP contribution in [0.1, 0.15) is 12.8 Å². The third-order valence-electron chi connectivity index (χ3n) is 5.68. The molecule has 3 aromatic rings. The zero-order valence-corrected chi connectivity index (χ0v) is 19.7. The highest BCUT2D eigenvalue weighted by molar-refractivity contribution is 6.29. The molecule has 0 N–H and O–H groups in total. The number of anilines is 4. The molecule has 4 amide bonds. The van der Waals surface area contributed by atoms with Crippen LogP contribution in [0.3, 0.4) is 0 Å². The zero-order chi connectivity index (χ0) is 23.7. The molecular weight excluding hydrogens is 477 g/mol. The fraction of sp³-hybridized carbons (Fsp3) is 0.261. The third kappa shape index (κ3) is 4.36. The van der Waals surface area contributed by atoms with Gasteiger partial charge in [0.05, 0.1) is 0 Å². The Morgan fingerprint density at radius 2 is 0.853 bits per heavy atom. The summed E-state index contributed by atoms with van der Waals surface area (Å²) >= 11 is 12.0. The number of pyridine rings is 3. The second-order valence-electron chi connectivity index (χ2n) is 7.87. The highest BCUT2D eigenvalue weighted by atomic mass is 35.5. The van der Waals surface area contributed by atoms with Crippen LogP contribution < -0.4 is 19.6 Å². The largest absolute Gasteiger partial charge is 0.331 e. The van der Waals surface area contributed by atoms with Gasteiger partial charge >= 0.3 is 12.1 Å². The van der Waals surface area contributed by atoms with Crippen LogP contribution in [0.25, 0.3) is 0 Å². The summed E-state index contributed by atoms with van der Waals surface area (Å²) in [7, 11) is 0. The van der Waals surface area contributed by atoms with E-state index in [9.17, 15) is 9.59 Å². The second-order valence-corrected chi connectivity index (χ2v) is 8.64. The quantitative estimate of drug-likeness (QED) is 0.480. The number of carbonyl (C=O) groups excluding carboxylic acids is 2. The van der Waals surface area contributed by atoms with Gasteiger partial charge in [0.1, 0.15) is 33.6 Å². The SMILES string of the molecule is O=C1N(c2cccc(Cl)n2)CCCN1c1cccc(N2CCCN(c3cccc(Cl)n3)C2=O)n1. The summed E-state index contributed by atoms with van der Waals surface area (Å²) in [6.07, 6.45) is 1.48. The van der Waals surface area contributed by atoms with Gasteiger partial charge in [-0.15, -0.1) is 0 Å². The van der Waals surface area contributed by atoms with Gasteiger partial charge in [0.2, 0.25) is 0 Å². The fourth-order valence-electron chi connectivity index (χ4n) is 4.11.